The van der Waals surface area contributed by atoms with Gasteiger partial charge in [-0.05, 0) is 0 Å². The second-order valence-corrected chi connectivity index (χ2v) is 2.66. The fourth-order valence-electron chi connectivity index (χ4n) is 1.19. The quantitative estimate of drug-likeness (QED) is 0.586. The number of anilines is 1. The molecule has 13 heavy (non-hydrogen) atoms. The Bertz CT molecular complexity index is 301. The van der Waals surface area contributed by atoms with Gasteiger partial charge >= 0.3 is 0 Å². The summed E-state index contributed by atoms with van der Waals surface area (Å²) in [4.78, 5) is 24.4. The minimum atomic E-state index is -0.00236. The summed E-state index contributed by atoms with van der Waals surface area (Å²) in [6.07, 6.45) is 2.77. The Hall–Kier alpha value is -1.56. The number of nitrogens with one attached hydrogen (secondary N) is 1. The van der Waals surface area contributed by atoms with E-state index in [4.69, 9.17) is 0 Å². The van der Waals surface area contributed by atoms with Gasteiger partial charge in [0.15, 0.2) is 0 Å². The van der Waals surface area contributed by atoms with Crippen molar-refractivity contribution in [1.29, 1.82) is 0 Å². The van der Waals surface area contributed by atoms with Crippen molar-refractivity contribution in [3.05, 3.63) is 12.7 Å². The van der Waals surface area contributed by atoms with Crippen LogP contribution >= 0.6 is 0 Å². The lowest BCUT2D eigenvalue weighted by molar-refractivity contribution is -0.118. The predicted octanol–water partition coefficient (Wildman–Crippen LogP) is -1.19. The highest BCUT2D eigenvalue weighted by Crippen LogP contribution is 2.05. The van der Waals surface area contributed by atoms with Crippen LogP contribution in [0, 0.1) is 0 Å². The first-order chi connectivity index (χ1) is 6.38. The molecule has 0 saturated carbocycles. The maximum absolute atomic E-state index is 11.4. The molecule has 6 nitrogen and oxygen atoms in total. The van der Waals surface area contributed by atoms with Gasteiger partial charge in [-0.15, -0.1) is 0 Å². The van der Waals surface area contributed by atoms with E-state index < -0.39 is 0 Å². The molecule has 0 unspecified atom stereocenters. The topological polar surface area (TPSA) is 71.0 Å². The van der Waals surface area contributed by atoms with Gasteiger partial charge in [0.25, 0.3) is 0 Å². The molecule has 1 aliphatic rings. The molecule has 0 aromatic carbocycles. The number of hydrogen-bond acceptors (Lipinski definition) is 5. The summed E-state index contributed by atoms with van der Waals surface area (Å²) in [6, 6.07) is 0. The smallest absolute Gasteiger partial charge is 0.243 e. The molecule has 1 aromatic rings. The number of rotatable bonds is 1. The van der Waals surface area contributed by atoms with Crippen LogP contribution in [-0.4, -0.2) is 40.5 Å². The van der Waals surface area contributed by atoms with Crippen molar-refractivity contribution in [2.45, 2.75) is 0 Å². The minimum Gasteiger partial charge on any atom is -0.307 e. The Morgan fingerprint density at radius 3 is 2.85 bits per heavy atom. The van der Waals surface area contributed by atoms with Gasteiger partial charge in [0, 0.05) is 13.1 Å². The van der Waals surface area contributed by atoms with Crippen LogP contribution in [0.25, 0.3) is 0 Å². The molecule has 0 bridgehead atoms. The SMILES string of the molecule is O=C1CNCCN1c1ncncn1. The fraction of sp³-hybridized carbons (Fsp3) is 0.429. The van der Waals surface area contributed by atoms with Crippen molar-refractivity contribution in [1.82, 2.24) is 20.3 Å². The summed E-state index contributed by atoms with van der Waals surface area (Å²) < 4.78 is 0. The van der Waals surface area contributed by atoms with Gasteiger partial charge in [-0.1, -0.05) is 0 Å². The van der Waals surface area contributed by atoms with Crippen LogP contribution in [0.3, 0.4) is 0 Å². The molecule has 0 radical (unpaired) electrons. The number of carbonyl (C=O) groups excluding carboxylic acids is 1. The highest BCUT2D eigenvalue weighted by atomic mass is 16.2. The lowest BCUT2D eigenvalue weighted by Crippen LogP contribution is -2.48. The summed E-state index contributed by atoms with van der Waals surface area (Å²) in [5, 5.41) is 2.97. The van der Waals surface area contributed by atoms with E-state index in [1.165, 1.54) is 12.7 Å². The van der Waals surface area contributed by atoms with Crippen molar-refractivity contribution < 1.29 is 4.79 Å². The Balaban J connectivity index is 2.20. The van der Waals surface area contributed by atoms with Crippen LogP contribution in [0.5, 0.6) is 0 Å². The zero-order valence-electron chi connectivity index (χ0n) is 6.97. The zero-order chi connectivity index (χ0) is 9.10. The summed E-state index contributed by atoms with van der Waals surface area (Å²) in [5.74, 6) is 0.430. The Labute approximate surface area is 75.0 Å². The Morgan fingerprint density at radius 1 is 1.38 bits per heavy atom. The molecule has 6 heteroatoms. The maximum Gasteiger partial charge on any atom is 0.243 e. The first kappa shape index (κ1) is 8.06. The molecule has 2 heterocycles. The summed E-state index contributed by atoms with van der Waals surface area (Å²) in [6.45, 7) is 1.74. The van der Waals surface area contributed by atoms with Crippen LogP contribution in [0.4, 0.5) is 5.95 Å². The Kier molecular flexibility index (Phi) is 2.13. The first-order valence-electron chi connectivity index (χ1n) is 4.01. The molecule has 1 fully saturated rings. The third-order valence-electron chi connectivity index (χ3n) is 1.81. The number of piperazine rings is 1. The predicted molar refractivity (Wildman–Crippen MR) is 45.0 cm³/mol. The van der Waals surface area contributed by atoms with Crippen LogP contribution in [-0.2, 0) is 4.79 Å². The average molecular weight is 179 g/mol. The van der Waals surface area contributed by atoms with E-state index in [-0.39, 0.29) is 5.91 Å². The minimum absolute atomic E-state index is 0.00236. The number of carbonyl (C=O) groups is 1. The average Bonchev–Trinajstić information content (AvgIpc) is 2.20. The van der Waals surface area contributed by atoms with Gasteiger partial charge in [-0.25, -0.2) is 15.0 Å². The third kappa shape index (κ3) is 1.62. The lowest BCUT2D eigenvalue weighted by Gasteiger charge is -2.24. The third-order valence-corrected chi connectivity index (χ3v) is 1.81. The van der Waals surface area contributed by atoms with E-state index in [2.05, 4.69) is 20.3 Å². The van der Waals surface area contributed by atoms with Crippen LogP contribution < -0.4 is 10.2 Å². The monoisotopic (exact) mass is 179 g/mol. The molecule has 0 atom stereocenters. The molecule has 1 aromatic heterocycles. The number of hydrogen-bond donors (Lipinski definition) is 1. The molecule has 1 N–H and O–H groups in total. The highest BCUT2D eigenvalue weighted by molar-refractivity contribution is 5.93. The largest absolute Gasteiger partial charge is 0.307 e. The van der Waals surface area contributed by atoms with E-state index in [9.17, 15) is 4.79 Å². The molecule has 68 valence electrons. The molecular weight excluding hydrogens is 170 g/mol. The molecule has 2 rings (SSSR count). The van der Waals surface area contributed by atoms with Gasteiger partial charge in [0.1, 0.15) is 12.7 Å². The van der Waals surface area contributed by atoms with Gasteiger partial charge in [-0.3, -0.25) is 9.69 Å². The van der Waals surface area contributed by atoms with Crippen molar-refractivity contribution in [2.24, 2.45) is 0 Å². The van der Waals surface area contributed by atoms with E-state index in [1.54, 1.807) is 4.90 Å². The van der Waals surface area contributed by atoms with Gasteiger partial charge < -0.3 is 5.32 Å². The summed E-state index contributed by atoms with van der Waals surface area (Å²) >= 11 is 0. The Morgan fingerprint density at radius 2 is 2.15 bits per heavy atom. The summed E-state index contributed by atoms with van der Waals surface area (Å²) in [7, 11) is 0. The second kappa shape index (κ2) is 3.44. The molecular formula is C7H9N5O. The van der Waals surface area contributed by atoms with E-state index in [0.717, 1.165) is 6.54 Å². The number of nitrogens with zero attached hydrogens (tertiary/aromatic N) is 4. The van der Waals surface area contributed by atoms with Crippen LogP contribution in [0.15, 0.2) is 12.7 Å². The van der Waals surface area contributed by atoms with E-state index >= 15 is 0 Å². The molecule has 1 saturated heterocycles. The van der Waals surface area contributed by atoms with Gasteiger partial charge in [0.05, 0.1) is 6.54 Å². The van der Waals surface area contributed by atoms with Crippen molar-refractivity contribution >= 4 is 11.9 Å². The lowest BCUT2D eigenvalue weighted by atomic mass is 10.4. The normalized spacial score (nSPS) is 17.5. The van der Waals surface area contributed by atoms with Crippen molar-refractivity contribution in [2.75, 3.05) is 24.5 Å². The first-order valence-corrected chi connectivity index (χ1v) is 4.01. The van der Waals surface area contributed by atoms with Crippen LogP contribution in [0.1, 0.15) is 0 Å². The van der Waals surface area contributed by atoms with Crippen LogP contribution in [0.2, 0.25) is 0 Å². The highest BCUT2D eigenvalue weighted by Gasteiger charge is 2.20. The van der Waals surface area contributed by atoms with E-state index in [1.807, 2.05) is 0 Å². The van der Waals surface area contributed by atoms with Crippen molar-refractivity contribution in [3.63, 3.8) is 0 Å². The van der Waals surface area contributed by atoms with Crippen molar-refractivity contribution in [3.8, 4) is 0 Å². The number of aromatic nitrogens is 3. The number of amides is 1. The molecule has 0 spiro atoms. The molecule has 0 aliphatic carbocycles. The fourth-order valence-corrected chi connectivity index (χ4v) is 1.19. The zero-order valence-corrected chi connectivity index (χ0v) is 6.97. The maximum atomic E-state index is 11.4. The molecule has 1 aliphatic heterocycles. The van der Waals surface area contributed by atoms with E-state index in [0.29, 0.717) is 19.0 Å². The van der Waals surface area contributed by atoms with Gasteiger partial charge in [-0.2, -0.15) is 0 Å². The molecule has 1 amide bonds. The second-order valence-electron chi connectivity index (χ2n) is 2.66. The summed E-state index contributed by atoms with van der Waals surface area (Å²) in [5.41, 5.74) is 0. The van der Waals surface area contributed by atoms with Gasteiger partial charge in [0.2, 0.25) is 11.9 Å². The standard InChI is InChI=1S/C7H9N5O/c13-6-3-8-1-2-12(6)7-10-4-9-5-11-7/h4-5,8H,1-3H2.